The van der Waals surface area contributed by atoms with Crippen LogP contribution in [-0.4, -0.2) is 6.54 Å². The van der Waals surface area contributed by atoms with Crippen LogP contribution >= 0.6 is 22.9 Å². The number of hydrogen-bond donors (Lipinski definition) is 1. The summed E-state index contributed by atoms with van der Waals surface area (Å²) >= 11 is 7.77. The van der Waals surface area contributed by atoms with Crippen LogP contribution in [-0.2, 0) is 6.42 Å². The van der Waals surface area contributed by atoms with Crippen molar-refractivity contribution in [2.45, 2.75) is 25.8 Å². The molecule has 0 aliphatic heterocycles. The van der Waals surface area contributed by atoms with Gasteiger partial charge in [0.2, 0.25) is 0 Å². The summed E-state index contributed by atoms with van der Waals surface area (Å²) in [5, 5.41) is 7.84. The Labute approximate surface area is 122 Å². The van der Waals surface area contributed by atoms with Crippen LogP contribution in [0.25, 0.3) is 0 Å². The van der Waals surface area contributed by atoms with Crippen molar-refractivity contribution < 1.29 is 4.39 Å². The first-order chi connectivity index (χ1) is 9.22. The second-order valence-corrected chi connectivity index (χ2v) is 5.58. The molecular formula is C15H17ClFNS. The first-order valence-corrected chi connectivity index (χ1v) is 7.72. The highest BCUT2D eigenvalue weighted by Gasteiger charge is 2.16. The number of nitrogens with one attached hydrogen (secondary N) is 1. The molecule has 0 saturated heterocycles. The fourth-order valence-corrected chi connectivity index (χ4v) is 3.11. The minimum absolute atomic E-state index is 0.0908. The zero-order valence-electron chi connectivity index (χ0n) is 10.8. The molecule has 1 N–H and O–H groups in total. The van der Waals surface area contributed by atoms with E-state index in [1.165, 1.54) is 11.6 Å². The highest BCUT2D eigenvalue weighted by atomic mass is 35.5. The Morgan fingerprint density at radius 2 is 2.21 bits per heavy atom. The van der Waals surface area contributed by atoms with Crippen molar-refractivity contribution in [3.63, 3.8) is 0 Å². The van der Waals surface area contributed by atoms with Gasteiger partial charge in [0.15, 0.2) is 0 Å². The van der Waals surface area contributed by atoms with Gasteiger partial charge in [0.1, 0.15) is 5.82 Å². The molecule has 1 unspecified atom stereocenters. The highest BCUT2D eigenvalue weighted by molar-refractivity contribution is 7.07. The summed E-state index contributed by atoms with van der Waals surface area (Å²) in [4.78, 5) is 0. The molecule has 102 valence electrons. The fraction of sp³-hybridized carbons (Fsp3) is 0.333. The molecule has 0 amide bonds. The average Bonchev–Trinajstić information content (AvgIpc) is 2.91. The van der Waals surface area contributed by atoms with E-state index in [1.54, 1.807) is 17.4 Å². The van der Waals surface area contributed by atoms with Gasteiger partial charge in [0, 0.05) is 6.04 Å². The van der Waals surface area contributed by atoms with E-state index in [-0.39, 0.29) is 16.9 Å². The Hall–Kier alpha value is -0.900. The van der Waals surface area contributed by atoms with E-state index >= 15 is 0 Å². The molecule has 1 nitrogen and oxygen atoms in total. The van der Waals surface area contributed by atoms with Gasteiger partial charge in [-0.3, -0.25) is 0 Å². The molecular weight excluding hydrogens is 281 g/mol. The maximum absolute atomic E-state index is 13.5. The number of aryl methyl sites for hydroxylation is 1. The molecule has 0 aliphatic rings. The molecule has 1 heterocycles. The summed E-state index contributed by atoms with van der Waals surface area (Å²) in [5.41, 5.74) is 2.17. The van der Waals surface area contributed by atoms with Gasteiger partial charge in [-0.15, -0.1) is 0 Å². The smallest absolute Gasteiger partial charge is 0.142 e. The monoisotopic (exact) mass is 297 g/mol. The van der Waals surface area contributed by atoms with Crippen molar-refractivity contribution in [1.29, 1.82) is 0 Å². The maximum atomic E-state index is 13.5. The van der Waals surface area contributed by atoms with Gasteiger partial charge in [-0.2, -0.15) is 11.3 Å². The van der Waals surface area contributed by atoms with Crippen LogP contribution in [0.5, 0.6) is 0 Å². The van der Waals surface area contributed by atoms with Gasteiger partial charge >= 0.3 is 0 Å². The first kappa shape index (κ1) is 14.5. The van der Waals surface area contributed by atoms with Crippen molar-refractivity contribution in [1.82, 2.24) is 5.32 Å². The van der Waals surface area contributed by atoms with E-state index in [0.29, 0.717) is 0 Å². The molecule has 0 aliphatic carbocycles. The van der Waals surface area contributed by atoms with Gasteiger partial charge in [-0.1, -0.05) is 30.7 Å². The lowest BCUT2D eigenvalue weighted by molar-refractivity contribution is 0.511. The van der Waals surface area contributed by atoms with Crippen molar-refractivity contribution >= 4 is 22.9 Å². The average molecular weight is 298 g/mol. The fourth-order valence-electron chi connectivity index (χ4n) is 2.15. The van der Waals surface area contributed by atoms with Crippen LogP contribution in [0, 0.1) is 5.82 Å². The van der Waals surface area contributed by atoms with E-state index in [1.807, 2.05) is 13.0 Å². The van der Waals surface area contributed by atoms with E-state index in [9.17, 15) is 4.39 Å². The molecule has 0 bridgehead atoms. The summed E-state index contributed by atoms with van der Waals surface area (Å²) in [5.74, 6) is -0.349. The van der Waals surface area contributed by atoms with Crippen molar-refractivity contribution in [3.05, 3.63) is 57.0 Å². The van der Waals surface area contributed by atoms with Crippen molar-refractivity contribution in [3.8, 4) is 0 Å². The lowest BCUT2D eigenvalue weighted by Crippen LogP contribution is -2.22. The van der Waals surface area contributed by atoms with Crippen LogP contribution < -0.4 is 5.32 Å². The zero-order chi connectivity index (χ0) is 13.7. The van der Waals surface area contributed by atoms with Crippen LogP contribution in [0.4, 0.5) is 4.39 Å². The summed E-state index contributed by atoms with van der Waals surface area (Å²) < 4.78 is 13.5. The molecule has 0 spiro atoms. The number of halogens is 2. The van der Waals surface area contributed by atoms with Crippen molar-refractivity contribution in [2.75, 3.05) is 6.54 Å². The third-order valence-corrected chi connectivity index (χ3v) is 4.24. The van der Waals surface area contributed by atoms with Crippen LogP contribution in [0.3, 0.4) is 0 Å². The van der Waals surface area contributed by atoms with Gasteiger partial charge in [0.25, 0.3) is 0 Å². The SMILES string of the molecule is CCNC(CCc1ccsc1)c1cccc(F)c1Cl. The molecule has 0 fully saturated rings. The van der Waals surface area contributed by atoms with Gasteiger partial charge in [-0.25, -0.2) is 4.39 Å². The lowest BCUT2D eigenvalue weighted by atomic mass is 10.00. The second kappa shape index (κ2) is 7.04. The van der Waals surface area contributed by atoms with E-state index in [4.69, 9.17) is 11.6 Å². The van der Waals surface area contributed by atoms with Gasteiger partial charge in [0.05, 0.1) is 5.02 Å². The first-order valence-electron chi connectivity index (χ1n) is 6.40. The minimum atomic E-state index is -0.349. The molecule has 2 rings (SSSR count). The molecule has 1 aromatic heterocycles. The molecule has 4 heteroatoms. The normalized spacial score (nSPS) is 12.6. The largest absolute Gasteiger partial charge is 0.310 e. The Balaban J connectivity index is 2.12. The summed E-state index contributed by atoms with van der Waals surface area (Å²) in [7, 11) is 0. The highest BCUT2D eigenvalue weighted by Crippen LogP contribution is 2.28. The topological polar surface area (TPSA) is 12.0 Å². The maximum Gasteiger partial charge on any atom is 0.142 e. The Kier molecular flexibility index (Phi) is 5.37. The molecule has 0 radical (unpaired) electrons. The lowest BCUT2D eigenvalue weighted by Gasteiger charge is -2.19. The summed E-state index contributed by atoms with van der Waals surface area (Å²) in [6.07, 6.45) is 1.88. The molecule has 1 atom stereocenters. The van der Waals surface area contributed by atoms with Crippen LogP contribution in [0.15, 0.2) is 35.0 Å². The minimum Gasteiger partial charge on any atom is -0.310 e. The summed E-state index contributed by atoms with van der Waals surface area (Å²) in [6, 6.07) is 7.22. The molecule has 1 aromatic carbocycles. The predicted molar refractivity (Wildman–Crippen MR) is 80.5 cm³/mol. The Bertz CT molecular complexity index is 513. The standard InChI is InChI=1S/C15H17ClFNS/c1-2-18-14(7-6-11-8-9-19-10-11)12-4-3-5-13(17)15(12)16/h3-5,8-10,14,18H,2,6-7H2,1H3. The van der Waals surface area contributed by atoms with E-state index < -0.39 is 0 Å². The Morgan fingerprint density at radius 3 is 2.89 bits per heavy atom. The third kappa shape index (κ3) is 3.78. The number of hydrogen-bond acceptors (Lipinski definition) is 2. The Morgan fingerprint density at radius 1 is 1.37 bits per heavy atom. The van der Waals surface area contributed by atoms with Crippen LogP contribution in [0.2, 0.25) is 5.02 Å². The predicted octanol–water partition coefficient (Wildman–Crippen LogP) is 4.82. The quantitative estimate of drug-likeness (QED) is 0.806. The van der Waals surface area contributed by atoms with E-state index in [0.717, 1.165) is 24.9 Å². The van der Waals surface area contributed by atoms with E-state index in [2.05, 4.69) is 22.1 Å². The summed E-state index contributed by atoms with van der Waals surface area (Å²) in [6.45, 7) is 2.88. The second-order valence-electron chi connectivity index (χ2n) is 4.42. The van der Waals surface area contributed by atoms with Crippen LogP contribution in [0.1, 0.15) is 30.5 Å². The third-order valence-electron chi connectivity index (χ3n) is 3.11. The zero-order valence-corrected chi connectivity index (χ0v) is 12.4. The van der Waals surface area contributed by atoms with Crippen molar-refractivity contribution in [2.24, 2.45) is 0 Å². The van der Waals surface area contributed by atoms with Gasteiger partial charge < -0.3 is 5.32 Å². The number of rotatable bonds is 6. The molecule has 0 saturated carbocycles. The number of benzene rings is 1. The number of thiophene rings is 1. The van der Waals surface area contributed by atoms with Gasteiger partial charge in [-0.05, 0) is 53.4 Å². The molecule has 19 heavy (non-hydrogen) atoms. The molecule has 2 aromatic rings.